The highest BCUT2D eigenvalue weighted by Gasteiger charge is 2.17. The van der Waals surface area contributed by atoms with Gasteiger partial charge in [-0.3, -0.25) is 30.1 Å². The highest BCUT2D eigenvalue weighted by atomic mass is 32.2. The Kier molecular flexibility index (Phi) is 6.69. The van der Waals surface area contributed by atoms with Crippen LogP contribution in [-0.4, -0.2) is 49.6 Å². The number of hydrogen-bond donors (Lipinski definition) is 3. The predicted octanol–water partition coefficient (Wildman–Crippen LogP) is 2.53. The van der Waals surface area contributed by atoms with Gasteiger partial charge in [0.2, 0.25) is 5.91 Å². The third-order valence-electron chi connectivity index (χ3n) is 4.66. The molecule has 3 N–H and O–H groups in total. The average molecular weight is 464 g/mol. The van der Waals surface area contributed by atoms with Crippen molar-refractivity contribution in [3.05, 3.63) is 72.2 Å². The largest absolute Gasteiger partial charge is 0.495 e. The van der Waals surface area contributed by atoms with E-state index in [4.69, 9.17) is 4.74 Å². The third kappa shape index (κ3) is 5.04. The average Bonchev–Trinajstić information content (AvgIpc) is 3.49. The first-order valence-electron chi connectivity index (χ1n) is 9.95. The van der Waals surface area contributed by atoms with Gasteiger partial charge in [-0.1, -0.05) is 54.2 Å². The Morgan fingerprint density at radius 1 is 1.06 bits per heavy atom. The number of ether oxygens (including phenoxy) is 1. The molecule has 0 radical (unpaired) electrons. The number of rotatable bonds is 7. The lowest BCUT2D eigenvalue weighted by atomic mass is 10.1. The summed E-state index contributed by atoms with van der Waals surface area (Å²) >= 11 is 1.19. The Hall–Kier alpha value is -4.12. The lowest BCUT2D eigenvalue weighted by Gasteiger charge is -2.12. The van der Waals surface area contributed by atoms with Crippen molar-refractivity contribution in [2.24, 2.45) is 0 Å². The molecular formula is C22H21N7O3S. The maximum Gasteiger partial charge on any atom is 0.287 e. The third-order valence-corrected chi connectivity index (χ3v) is 5.59. The number of aromatic nitrogens is 5. The molecule has 0 saturated carbocycles. The van der Waals surface area contributed by atoms with Gasteiger partial charge >= 0.3 is 0 Å². The van der Waals surface area contributed by atoms with Crippen LogP contribution in [-0.2, 0) is 4.79 Å². The summed E-state index contributed by atoms with van der Waals surface area (Å²) < 4.78 is 7.23. The summed E-state index contributed by atoms with van der Waals surface area (Å²) in [5.74, 6) is 0.434. The number of hydrogen-bond acceptors (Lipinski definition) is 7. The van der Waals surface area contributed by atoms with E-state index in [1.54, 1.807) is 13.2 Å². The molecule has 2 aromatic carbocycles. The van der Waals surface area contributed by atoms with Crippen LogP contribution in [0.15, 0.2) is 65.8 Å². The maximum absolute atomic E-state index is 12.3. The van der Waals surface area contributed by atoms with Gasteiger partial charge in [0.15, 0.2) is 5.16 Å². The summed E-state index contributed by atoms with van der Waals surface area (Å²) in [7, 11) is 1.59. The number of carbonyl (C=O) groups excluding carboxylic acids is 2. The zero-order valence-electron chi connectivity index (χ0n) is 17.9. The molecule has 0 aliphatic carbocycles. The molecular weight excluding hydrogens is 442 g/mol. The van der Waals surface area contributed by atoms with E-state index in [0.717, 1.165) is 11.3 Å². The van der Waals surface area contributed by atoms with Gasteiger partial charge in [0, 0.05) is 5.56 Å². The van der Waals surface area contributed by atoms with Gasteiger partial charge in [0.25, 0.3) is 5.91 Å². The van der Waals surface area contributed by atoms with E-state index in [-0.39, 0.29) is 11.4 Å². The van der Waals surface area contributed by atoms with Crippen molar-refractivity contribution < 1.29 is 14.3 Å². The van der Waals surface area contributed by atoms with Gasteiger partial charge in [0.05, 0.1) is 24.2 Å². The monoisotopic (exact) mass is 463 g/mol. The van der Waals surface area contributed by atoms with Crippen molar-refractivity contribution in [1.82, 2.24) is 35.8 Å². The van der Waals surface area contributed by atoms with Crippen LogP contribution in [0.3, 0.4) is 0 Å². The Bertz CT molecular complexity index is 1270. The maximum atomic E-state index is 12.3. The number of nitrogens with one attached hydrogen (secondary N) is 3. The molecule has 0 fully saturated rings. The fourth-order valence-electron chi connectivity index (χ4n) is 3.08. The Morgan fingerprint density at radius 3 is 2.61 bits per heavy atom. The van der Waals surface area contributed by atoms with E-state index in [2.05, 4.69) is 31.2 Å². The number of methoxy groups -OCH3 is 1. The van der Waals surface area contributed by atoms with Crippen LogP contribution in [0, 0.1) is 6.92 Å². The molecule has 4 rings (SSSR count). The molecule has 2 heterocycles. The summed E-state index contributed by atoms with van der Waals surface area (Å²) in [6, 6.07) is 18.5. The summed E-state index contributed by atoms with van der Waals surface area (Å²) in [4.78, 5) is 24.6. The Balaban J connectivity index is 1.35. The molecule has 33 heavy (non-hydrogen) atoms. The topological polar surface area (TPSA) is 127 Å². The van der Waals surface area contributed by atoms with Gasteiger partial charge < -0.3 is 4.74 Å². The molecule has 0 aliphatic heterocycles. The number of thioether (sulfide) groups is 1. The molecule has 0 saturated heterocycles. The van der Waals surface area contributed by atoms with Crippen LogP contribution < -0.4 is 15.6 Å². The van der Waals surface area contributed by atoms with Gasteiger partial charge in [-0.05, 0) is 25.1 Å². The van der Waals surface area contributed by atoms with Crippen molar-refractivity contribution in [3.63, 3.8) is 0 Å². The zero-order chi connectivity index (χ0) is 23.2. The summed E-state index contributed by atoms with van der Waals surface area (Å²) in [6.45, 7) is 1.82. The van der Waals surface area contributed by atoms with Crippen molar-refractivity contribution in [1.29, 1.82) is 0 Å². The number of amides is 2. The standard InChI is InChI=1S/C22H21N7O3S/c1-14-23-28-22(29(14)18-10-6-7-11-19(18)32-2)33-13-20(30)26-27-21(31)17-12-16(24-25-17)15-8-4-3-5-9-15/h3-12H,13H2,1-2H3,(H,24,25)(H,26,30)(H,27,31). The molecule has 0 atom stereocenters. The first-order valence-corrected chi connectivity index (χ1v) is 10.9. The minimum Gasteiger partial charge on any atom is -0.495 e. The normalized spacial score (nSPS) is 10.6. The number of aryl methyl sites for hydroxylation is 1. The number of H-pyrrole nitrogens is 1. The molecule has 168 valence electrons. The minimum absolute atomic E-state index is 0.0196. The number of nitrogens with zero attached hydrogens (tertiary/aromatic N) is 4. The summed E-state index contributed by atoms with van der Waals surface area (Å²) in [5, 5.41) is 15.6. The van der Waals surface area contributed by atoms with E-state index in [1.165, 1.54) is 11.8 Å². The Labute approximate surface area is 193 Å². The summed E-state index contributed by atoms with van der Waals surface area (Å²) in [5.41, 5.74) is 7.29. The highest BCUT2D eigenvalue weighted by Crippen LogP contribution is 2.28. The van der Waals surface area contributed by atoms with Gasteiger partial charge in [-0.2, -0.15) is 5.10 Å². The second kappa shape index (κ2) is 10.0. The van der Waals surface area contributed by atoms with Crippen LogP contribution in [0.25, 0.3) is 16.9 Å². The first-order chi connectivity index (χ1) is 16.1. The highest BCUT2D eigenvalue weighted by molar-refractivity contribution is 7.99. The van der Waals surface area contributed by atoms with Gasteiger partial charge in [-0.15, -0.1) is 10.2 Å². The SMILES string of the molecule is COc1ccccc1-n1c(C)nnc1SCC(=O)NNC(=O)c1cc(-c2ccccc2)n[nH]1. The van der Waals surface area contributed by atoms with E-state index in [9.17, 15) is 9.59 Å². The van der Waals surface area contributed by atoms with Crippen LogP contribution in [0.2, 0.25) is 0 Å². The molecule has 10 nitrogen and oxygen atoms in total. The van der Waals surface area contributed by atoms with E-state index in [1.807, 2.05) is 66.1 Å². The van der Waals surface area contributed by atoms with E-state index < -0.39 is 11.8 Å². The van der Waals surface area contributed by atoms with Crippen molar-refractivity contribution in [2.45, 2.75) is 12.1 Å². The van der Waals surface area contributed by atoms with Crippen molar-refractivity contribution in [2.75, 3.05) is 12.9 Å². The number of aromatic amines is 1. The smallest absolute Gasteiger partial charge is 0.287 e. The molecule has 4 aromatic rings. The number of para-hydroxylation sites is 2. The zero-order valence-corrected chi connectivity index (χ0v) is 18.7. The second-order valence-corrected chi connectivity index (χ2v) is 7.80. The van der Waals surface area contributed by atoms with Crippen molar-refractivity contribution >= 4 is 23.6 Å². The van der Waals surface area contributed by atoms with Crippen molar-refractivity contribution in [3.8, 4) is 22.7 Å². The lowest BCUT2D eigenvalue weighted by molar-refractivity contribution is -0.119. The van der Waals surface area contributed by atoms with Crippen LogP contribution in [0.4, 0.5) is 0 Å². The van der Waals surface area contributed by atoms with E-state index in [0.29, 0.717) is 22.4 Å². The molecule has 2 amide bonds. The fraction of sp³-hybridized carbons (Fsp3) is 0.136. The molecule has 0 aliphatic rings. The minimum atomic E-state index is -0.504. The molecule has 0 unspecified atom stereocenters. The summed E-state index contributed by atoms with van der Waals surface area (Å²) in [6.07, 6.45) is 0. The molecule has 0 bridgehead atoms. The Morgan fingerprint density at radius 2 is 1.82 bits per heavy atom. The lowest BCUT2D eigenvalue weighted by Crippen LogP contribution is -2.42. The molecule has 0 spiro atoms. The number of benzene rings is 2. The molecule has 11 heteroatoms. The predicted molar refractivity (Wildman–Crippen MR) is 123 cm³/mol. The molecule has 2 aromatic heterocycles. The number of hydrazine groups is 1. The van der Waals surface area contributed by atoms with Crippen LogP contribution in [0.5, 0.6) is 5.75 Å². The van der Waals surface area contributed by atoms with Crippen LogP contribution >= 0.6 is 11.8 Å². The fourth-order valence-corrected chi connectivity index (χ4v) is 3.87. The van der Waals surface area contributed by atoms with Crippen LogP contribution in [0.1, 0.15) is 16.3 Å². The quantitative estimate of drug-likeness (QED) is 0.284. The van der Waals surface area contributed by atoms with E-state index >= 15 is 0 Å². The number of carbonyl (C=O) groups is 2. The second-order valence-electron chi connectivity index (χ2n) is 6.86. The first kappa shape index (κ1) is 22.1. The van der Waals surface area contributed by atoms with Gasteiger partial charge in [-0.25, -0.2) is 0 Å². The van der Waals surface area contributed by atoms with Gasteiger partial charge in [0.1, 0.15) is 17.3 Å².